The van der Waals surface area contributed by atoms with Crippen molar-refractivity contribution in [3.8, 4) is 11.3 Å². The lowest BCUT2D eigenvalue weighted by atomic mass is 10.0. The molecule has 1 aliphatic heterocycles. The molecule has 4 rings (SSSR count). The van der Waals surface area contributed by atoms with Crippen molar-refractivity contribution in [2.75, 3.05) is 0 Å². The van der Waals surface area contributed by atoms with Crippen LogP contribution in [0, 0.1) is 0 Å². The molecule has 0 fully saturated rings. The second kappa shape index (κ2) is 6.30. The minimum Gasteiger partial charge on any atom is -0.383 e. The van der Waals surface area contributed by atoms with Gasteiger partial charge in [0.1, 0.15) is 5.69 Å². The van der Waals surface area contributed by atoms with Crippen molar-refractivity contribution in [2.24, 2.45) is 5.16 Å². The molecule has 2 heterocycles. The number of hydrogen-bond acceptors (Lipinski definition) is 4. The Kier molecular flexibility index (Phi) is 4.00. The van der Waals surface area contributed by atoms with Gasteiger partial charge in [-0.1, -0.05) is 69.9 Å². The van der Waals surface area contributed by atoms with Crippen LogP contribution in [0.3, 0.4) is 0 Å². The van der Waals surface area contributed by atoms with Gasteiger partial charge in [0.05, 0.1) is 10.7 Å². The fourth-order valence-corrected chi connectivity index (χ4v) is 3.10. The lowest BCUT2D eigenvalue weighted by molar-refractivity contribution is 0.0639. The molecule has 0 N–H and O–H groups in total. The first-order valence-electron chi connectivity index (χ1n) is 7.41. The second-order valence-corrected chi connectivity index (χ2v) is 6.22. The molecule has 1 atom stereocenters. The van der Waals surface area contributed by atoms with Crippen LogP contribution in [0.5, 0.6) is 0 Å². The minimum absolute atomic E-state index is 0.319. The lowest BCUT2D eigenvalue weighted by Crippen LogP contribution is -2.01. The number of benzene rings is 2. The van der Waals surface area contributed by atoms with Crippen LogP contribution >= 0.6 is 23.2 Å². The Labute approximate surface area is 148 Å². The number of aromatic nitrogens is 1. The third-order valence-electron chi connectivity index (χ3n) is 3.85. The van der Waals surface area contributed by atoms with Crippen molar-refractivity contribution in [1.29, 1.82) is 0 Å². The molecule has 24 heavy (non-hydrogen) atoms. The summed E-state index contributed by atoms with van der Waals surface area (Å²) in [4.78, 5) is 5.50. The number of nitrogens with zero attached hydrogens (tertiary/aromatic N) is 2. The highest BCUT2D eigenvalue weighted by atomic mass is 35.5. The Morgan fingerprint density at radius 3 is 2.29 bits per heavy atom. The standard InChI is InChI=1S/C18H12Cl2N2O2/c19-13-7-3-1-5-11(13)15-9-17(23-21-15)18-10-16(22-24-18)12-6-2-4-8-14(12)20/h1-9,18H,10H2. The summed E-state index contributed by atoms with van der Waals surface area (Å²) in [6, 6.07) is 16.9. The summed E-state index contributed by atoms with van der Waals surface area (Å²) in [6.07, 6.45) is 0.251. The molecule has 0 radical (unpaired) electrons. The monoisotopic (exact) mass is 358 g/mol. The smallest absolute Gasteiger partial charge is 0.193 e. The first kappa shape index (κ1) is 15.2. The van der Waals surface area contributed by atoms with Crippen molar-refractivity contribution < 1.29 is 9.36 Å². The molecule has 0 bridgehead atoms. The maximum atomic E-state index is 6.21. The van der Waals surface area contributed by atoms with E-state index in [9.17, 15) is 0 Å². The normalized spacial score (nSPS) is 16.8. The molecular formula is C18H12Cl2N2O2. The summed E-state index contributed by atoms with van der Waals surface area (Å²) in [6.45, 7) is 0. The van der Waals surface area contributed by atoms with Crippen LogP contribution in [0.2, 0.25) is 10.0 Å². The molecule has 0 aliphatic carbocycles. The second-order valence-electron chi connectivity index (χ2n) is 5.41. The van der Waals surface area contributed by atoms with Gasteiger partial charge in [-0.2, -0.15) is 0 Å². The maximum Gasteiger partial charge on any atom is 0.193 e. The minimum atomic E-state index is -0.319. The summed E-state index contributed by atoms with van der Waals surface area (Å²) < 4.78 is 5.43. The predicted molar refractivity (Wildman–Crippen MR) is 93.4 cm³/mol. The van der Waals surface area contributed by atoms with Gasteiger partial charge in [0.2, 0.25) is 0 Å². The molecule has 3 aromatic rings. The number of oxime groups is 1. The first-order valence-corrected chi connectivity index (χ1v) is 8.17. The van der Waals surface area contributed by atoms with Gasteiger partial charge in [-0.3, -0.25) is 0 Å². The molecule has 0 spiro atoms. The first-order chi connectivity index (χ1) is 11.7. The third kappa shape index (κ3) is 2.79. The molecule has 6 heteroatoms. The van der Waals surface area contributed by atoms with E-state index in [1.54, 1.807) is 0 Å². The largest absolute Gasteiger partial charge is 0.383 e. The van der Waals surface area contributed by atoms with Crippen LogP contribution in [0.25, 0.3) is 11.3 Å². The highest BCUT2D eigenvalue weighted by molar-refractivity contribution is 6.34. The van der Waals surface area contributed by atoms with E-state index >= 15 is 0 Å². The van der Waals surface area contributed by atoms with E-state index in [1.807, 2.05) is 54.6 Å². The molecule has 120 valence electrons. The zero-order valence-corrected chi connectivity index (χ0v) is 14.0. The summed E-state index contributed by atoms with van der Waals surface area (Å²) in [7, 11) is 0. The van der Waals surface area contributed by atoms with Gasteiger partial charge in [-0.05, 0) is 12.1 Å². The summed E-state index contributed by atoms with van der Waals surface area (Å²) in [5.41, 5.74) is 3.15. The van der Waals surface area contributed by atoms with Crippen LogP contribution in [-0.2, 0) is 4.84 Å². The van der Waals surface area contributed by atoms with Crippen LogP contribution in [0.4, 0.5) is 0 Å². The number of rotatable bonds is 3. The van der Waals surface area contributed by atoms with Crippen LogP contribution in [0.15, 0.2) is 64.3 Å². The summed E-state index contributed by atoms with van der Waals surface area (Å²) >= 11 is 12.4. The maximum absolute atomic E-state index is 6.21. The van der Waals surface area contributed by atoms with Crippen LogP contribution in [-0.4, -0.2) is 10.9 Å². The van der Waals surface area contributed by atoms with Crippen LogP contribution < -0.4 is 0 Å². The molecule has 0 amide bonds. The van der Waals surface area contributed by atoms with Gasteiger partial charge in [-0.15, -0.1) is 0 Å². The molecule has 1 aliphatic rings. The van der Waals surface area contributed by atoms with Crippen molar-refractivity contribution in [3.63, 3.8) is 0 Å². The van der Waals surface area contributed by atoms with E-state index in [-0.39, 0.29) is 6.10 Å². The zero-order valence-electron chi connectivity index (χ0n) is 12.4. The van der Waals surface area contributed by atoms with Crippen molar-refractivity contribution >= 4 is 28.9 Å². The van der Waals surface area contributed by atoms with Gasteiger partial charge in [0, 0.05) is 28.6 Å². The third-order valence-corrected chi connectivity index (χ3v) is 4.51. The van der Waals surface area contributed by atoms with Gasteiger partial charge in [-0.25, -0.2) is 0 Å². The highest BCUT2D eigenvalue weighted by Crippen LogP contribution is 2.34. The fourth-order valence-electron chi connectivity index (χ4n) is 2.62. The molecule has 0 saturated heterocycles. The van der Waals surface area contributed by atoms with Gasteiger partial charge >= 0.3 is 0 Å². The summed E-state index contributed by atoms with van der Waals surface area (Å²) in [5, 5.41) is 9.50. The topological polar surface area (TPSA) is 47.6 Å². The van der Waals surface area contributed by atoms with E-state index in [2.05, 4.69) is 10.3 Å². The lowest BCUT2D eigenvalue weighted by Gasteiger charge is -2.03. The van der Waals surface area contributed by atoms with Crippen molar-refractivity contribution in [3.05, 3.63) is 76.0 Å². The Hall–Kier alpha value is -2.30. The van der Waals surface area contributed by atoms with Crippen molar-refractivity contribution in [1.82, 2.24) is 5.16 Å². The van der Waals surface area contributed by atoms with Gasteiger partial charge in [0.15, 0.2) is 11.9 Å². The SMILES string of the molecule is Clc1ccccc1C1=NOC(c2cc(-c3ccccc3Cl)no2)C1. The van der Waals surface area contributed by atoms with Gasteiger partial charge < -0.3 is 9.36 Å². The van der Waals surface area contributed by atoms with Gasteiger partial charge in [0.25, 0.3) is 0 Å². The molecular weight excluding hydrogens is 347 g/mol. The average molecular weight is 359 g/mol. The summed E-state index contributed by atoms with van der Waals surface area (Å²) in [5.74, 6) is 0.607. The Balaban J connectivity index is 1.55. The van der Waals surface area contributed by atoms with Crippen LogP contribution in [0.1, 0.15) is 23.8 Å². The zero-order chi connectivity index (χ0) is 16.5. The molecule has 2 aromatic carbocycles. The Morgan fingerprint density at radius 1 is 0.917 bits per heavy atom. The van der Waals surface area contributed by atoms with E-state index in [4.69, 9.17) is 32.6 Å². The van der Waals surface area contributed by atoms with Crippen molar-refractivity contribution in [2.45, 2.75) is 12.5 Å². The Bertz CT molecular complexity index is 921. The molecule has 0 saturated carbocycles. The van der Waals surface area contributed by atoms with E-state index in [0.29, 0.717) is 27.9 Å². The van der Waals surface area contributed by atoms with E-state index in [0.717, 1.165) is 16.8 Å². The molecule has 1 aromatic heterocycles. The van der Waals surface area contributed by atoms with E-state index < -0.39 is 0 Å². The number of halogens is 2. The highest BCUT2D eigenvalue weighted by Gasteiger charge is 2.28. The fraction of sp³-hybridized carbons (Fsp3) is 0.111. The quantitative estimate of drug-likeness (QED) is 0.619. The number of hydrogen-bond donors (Lipinski definition) is 0. The predicted octanol–water partition coefficient (Wildman–Crippen LogP) is 5.51. The van der Waals surface area contributed by atoms with E-state index in [1.165, 1.54) is 0 Å². The molecule has 1 unspecified atom stereocenters. The average Bonchev–Trinajstić information content (AvgIpc) is 3.25. The Morgan fingerprint density at radius 2 is 1.58 bits per heavy atom. The molecule has 4 nitrogen and oxygen atoms in total.